The number of carbonyl (C=O) groups is 1. The Kier molecular flexibility index (Phi) is 4.94. The van der Waals surface area contributed by atoms with E-state index >= 15 is 0 Å². The Labute approximate surface area is 130 Å². The van der Waals surface area contributed by atoms with Crippen molar-refractivity contribution in [2.24, 2.45) is 5.10 Å². The maximum atomic E-state index is 11.7. The molecule has 0 aliphatic carbocycles. The van der Waals surface area contributed by atoms with E-state index in [4.69, 9.17) is 5.11 Å². The van der Waals surface area contributed by atoms with Gasteiger partial charge in [0.25, 0.3) is 0 Å². The molecule has 21 heavy (non-hydrogen) atoms. The lowest BCUT2D eigenvalue weighted by molar-refractivity contribution is -0.120. The smallest absolute Gasteiger partial charge is 0.244 e. The minimum atomic E-state index is -0.258. The van der Waals surface area contributed by atoms with E-state index in [0.29, 0.717) is 5.56 Å². The number of nitrogens with zero attached hydrogens (tertiary/aromatic N) is 1. The Hall–Kier alpha value is -2.34. The van der Waals surface area contributed by atoms with Crippen LogP contribution in [0.1, 0.15) is 11.1 Å². The summed E-state index contributed by atoms with van der Waals surface area (Å²) in [6.45, 7) is 0. The Balaban J connectivity index is 1.91. The van der Waals surface area contributed by atoms with E-state index in [9.17, 15) is 9.90 Å². The van der Waals surface area contributed by atoms with Crippen molar-refractivity contribution in [3.63, 3.8) is 0 Å². The van der Waals surface area contributed by atoms with Crippen LogP contribution in [0.3, 0.4) is 0 Å². The highest BCUT2D eigenvalue weighted by Gasteiger charge is 2.03. The van der Waals surface area contributed by atoms with Crippen molar-refractivity contribution in [2.75, 3.05) is 0 Å². The summed E-state index contributed by atoms with van der Waals surface area (Å²) in [6, 6.07) is 11.5. The number of phenolic OH excluding ortho intramolecular Hbond substituents is 2. The molecule has 0 radical (unpaired) electrons. The molecule has 0 bridgehead atoms. The van der Waals surface area contributed by atoms with E-state index in [0.717, 1.165) is 10.0 Å². The second kappa shape index (κ2) is 6.90. The van der Waals surface area contributed by atoms with Crippen molar-refractivity contribution in [2.45, 2.75) is 6.42 Å². The van der Waals surface area contributed by atoms with E-state index in [1.807, 2.05) is 24.3 Å². The summed E-state index contributed by atoms with van der Waals surface area (Å²) in [6.07, 6.45) is 1.53. The van der Waals surface area contributed by atoms with Gasteiger partial charge in [-0.15, -0.1) is 0 Å². The molecular weight excluding hydrogens is 336 g/mol. The molecule has 5 nitrogen and oxygen atoms in total. The molecule has 0 unspecified atom stereocenters. The first-order chi connectivity index (χ1) is 10.0. The third-order valence-corrected chi connectivity index (χ3v) is 3.21. The molecule has 1 amide bonds. The minimum Gasteiger partial charge on any atom is -0.508 e. The van der Waals surface area contributed by atoms with Gasteiger partial charge in [-0.1, -0.05) is 28.1 Å². The summed E-state index contributed by atoms with van der Waals surface area (Å²) in [4.78, 5) is 11.7. The van der Waals surface area contributed by atoms with Crippen LogP contribution in [-0.4, -0.2) is 22.3 Å². The van der Waals surface area contributed by atoms with E-state index < -0.39 is 0 Å². The number of phenols is 2. The number of hydrogen-bond acceptors (Lipinski definition) is 4. The van der Waals surface area contributed by atoms with Crippen LogP contribution in [0.5, 0.6) is 11.5 Å². The van der Waals surface area contributed by atoms with Crippen molar-refractivity contribution in [3.05, 3.63) is 58.1 Å². The number of aromatic hydroxyl groups is 2. The van der Waals surface area contributed by atoms with E-state index in [1.54, 1.807) is 0 Å². The third-order valence-electron chi connectivity index (χ3n) is 2.68. The first-order valence-electron chi connectivity index (χ1n) is 6.13. The number of carbonyl (C=O) groups excluding carboxylic acids is 1. The number of halogens is 1. The largest absolute Gasteiger partial charge is 0.508 e. The van der Waals surface area contributed by atoms with Gasteiger partial charge in [-0.2, -0.15) is 5.10 Å². The molecule has 0 heterocycles. The molecule has 0 aliphatic rings. The molecule has 108 valence electrons. The Morgan fingerprint density at radius 2 is 1.90 bits per heavy atom. The molecular formula is C15H13BrN2O3. The third kappa shape index (κ3) is 4.61. The molecule has 2 aromatic rings. The average Bonchev–Trinajstić information content (AvgIpc) is 2.44. The molecule has 2 rings (SSSR count). The van der Waals surface area contributed by atoms with E-state index in [-0.39, 0.29) is 23.8 Å². The zero-order valence-corrected chi connectivity index (χ0v) is 12.5. The van der Waals surface area contributed by atoms with Crippen molar-refractivity contribution in [1.29, 1.82) is 0 Å². The zero-order valence-electron chi connectivity index (χ0n) is 11.0. The van der Waals surface area contributed by atoms with Gasteiger partial charge in [0.05, 0.1) is 12.6 Å². The van der Waals surface area contributed by atoms with Gasteiger partial charge >= 0.3 is 0 Å². The lowest BCUT2D eigenvalue weighted by Crippen LogP contribution is -2.19. The Morgan fingerprint density at radius 1 is 1.19 bits per heavy atom. The van der Waals surface area contributed by atoms with Crippen LogP contribution in [0.15, 0.2) is 52.0 Å². The molecule has 3 N–H and O–H groups in total. The molecule has 6 heteroatoms. The van der Waals surface area contributed by atoms with E-state index in [2.05, 4.69) is 26.5 Å². The number of rotatable bonds is 4. The highest BCUT2D eigenvalue weighted by Crippen LogP contribution is 2.20. The quantitative estimate of drug-likeness (QED) is 0.586. The fourth-order valence-electron chi connectivity index (χ4n) is 1.64. The summed E-state index contributed by atoms with van der Waals surface area (Å²) in [7, 11) is 0. The van der Waals surface area contributed by atoms with Crippen LogP contribution in [-0.2, 0) is 11.2 Å². The molecule has 0 spiro atoms. The SMILES string of the molecule is O=C(Cc1ccc(Br)cc1)N/N=C\c1ccc(O)cc1O. The number of hydrazone groups is 1. The van der Waals surface area contributed by atoms with E-state index in [1.165, 1.54) is 24.4 Å². The predicted molar refractivity (Wildman–Crippen MR) is 83.4 cm³/mol. The topological polar surface area (TPSA) is 81.9 Å². The summed E-state index contributed by atoms with van der Waals surface area (Å²) >= 11 is 3.33. The van der Waals surface area contributed by atoms with Crippen molar-refractivity contribution in [1.82, 2.24) is 5.43 Å². The average molecular weight is 349 g/mol. The number of hydrogen-bond donors (Lipinski definition) is 3. The number of amides is 1. The predicted octanol–water partition coefficient (Wildman–Crippen LogP) is 2.55. The van der Waals surface area contributed by atoms with Gasteiger partial charge in [0.2, 0.25) is 5.91 Å². The molecule has 0 saturated heterocycles. The number of nitrogens with one attached hydrogen (secondary N) is 1. The highest BCUT2D eigenvalue weighted by molar-refractivity contribution is 9.10. The van der Waals surface area contributed by atoms with Gasteiger partial charge in [0, 0.05) is 16.1 Å². The van der Waals surface area contributed by atoms with Crippen LogP contribution in [0.4, 0.5) is 0 Å². The Morgan fingerprint density at radius 3 is 2.57 bits per heavy atom. The monoisotopic (exact) mass is 348 g/mol. The van der Waals surface area contributed by atoms with Gasteiger partial charge in [0.1, 0.15) is 11.5 Å². The van der Waals surface area contributed by atoms with Crippen molar-refractivity contribution in [3.8, 4) is 11.5 Å². The second-order valence-corrected chi connectivity index (χ2v) is 5.26. The van der Waals surface area contributed by atoms with Crippen LogP contribution in [0, 0.1) is 0 Å². The minimum absolute atomic E-state index is 0.0380. The van der Waals surface area contributed by atoms with Gasteiger partial charge in [-0.25, -0.2) is 5.43 Å². The lowest BCUT2D eigenvalue weighted by Gasteiger charge is -2.01. The molecule has 0 saturated carbocycles. The molecule has 0 aromatic heterocycles. The summed E-state index contributed by atoms with van der Waals surface area (Å²) < 4.78 is 0.951. The zero-order chi connectivity index (χ0) is 15.2. The van der Waals surface area contributed by atoms with Crippen molar-refractivity contribution < 1.29 is 15.0 Å². The van der Waals surface area contributed by atoms with Crippen LogP contribution in [0.2, 0.25) is 0 Å². The van der Waals surface area contributed by atoms with Gasteiger partial charge in [-0.05, 0) is 29.8 Å². The molecule has 0 atom stereocenters. The second-order valence-electron chi connectivity index (χ2n) is 4.34. The van der Waals surface area contributed by atoms with Crippen LogP contribution < -0.4 is 5.43 Å². The maximum absolute atomic E-state index is 11.7. The van der Waals surface area contributed by atoms with Crippen LogP contribution in [0.25, 0.3) is 0 Å². The molecule has 0 fully saturated rings. The highest BCUT2D eigenvalue weighted by atomic mass is 79.9. The summed E-state index contributed by atoms with van der Waals surface area (Å²) in [5, 5.41) is 22.5. The van der Waals surface area contributed by atoms with Crippen LogP contribution >= 0.6 is 15.9 Å². The normalized spacial score (nSPS) is 10.7. The summed E-state index contributed by atoms with van der Waals surface area (Å²) in [5.74, 6) is -0.406. The van der Waals surface area contributed by atoms with Gasteiger partial charge in [-0.3, -0.25) is 4.79 Å². The fourth-order valence-corrected chi connectivity index (χ4v) is 1.91. The first kappa shape index (κ1) is 15.1. The Bertz CT molecular complexity index is 669. The van der Waals surface area contributed by atoms with Gasteiger partial charge < -0.3 is 10.2 Å². The fraction of sp³-hybridized carbons (Fsp3) is 0.0667. The summed E-state index contributed by atoms with van der Waals surface area (Å²) in [5.41, 5.74) is 3.65. The molecule has 2 aromatic carbocycles. The lowest BCUT2D eigenvalue weighted by atomic mass is 10.1. The van der Waals surface area contributed by atoms with Crippen molar-refractivity contribution >= 4 is 28.1 Å². The number of benzene rings is 2. The standard InChI is InChI=1S/C15H13BrN2O3/c16-12-4-1-10(2-5-12)7-15(21)18-17-9-11-3-6-13(19)8-14(11)20/h1-6,8-9,19-20H,7H2,(H,18,21)/b17-9-. The van der Waals surface area contributed by atoms with Gasteiger partial charge in [0.15, 0.2) is 0 Å². The maximum Gasteiger partial charge on any atom is 0.244 e. The first-order valence-corrected chi connectivity index (χ1v) is 6.92. The molecule has 0 aliphatic heterocycles.